The molecule has 1 atom stereocenters. The van der Waals surface area contributed by atoms with E-state index in [9.17, 15) is 9.59 Å². The maximum Gasteiger partial charge on any atom is 0.227 e. The molecule has 4 heteroatoms. The van der Waals surface area contributed by atoms with Gasteiger partial charge in [-0.1, -0.05) is 33.3 Å². The van der Waals surface area contributed by atoms with E-state index in [0.717, 1.165) is 24.4 Å². The predicted octanol–water partition coefficient (Wildman–Crippen LogP) is 4.77. The number of hydrogen-bond acceptors (Lipinski definition) is 2. The minimum Gasteiger partial charge on any atom is -0.353 e. The van der Waals surface area contributed by atoms with Crippen LogP contribution >= 0.6 is 0 Å². The van der Waals surface area contributed by atoms with Crippen molar-refractivity contribution < 1.29 is 9.59 Å². The molecule has 2 aliphatic rings. The minimum atomic E-state index is -0.237. The number of carbonyl (C=O) groups is 2. The summed E-state index contributed by atoms with van der Waals surface area (Å²) in [7, 11) is 0. The third kappa shape index (κ3) is 4.42. The van der Waals surface area contributed by atoms with Crippen molar-refractivity contribution in [1.82, 2.24) is 5.32 Å². The van der Waals surface area contributed by atoms with Crippen LogP contribution in [0.15, 0.2) is 18.2 Å². The fourth-order valence-electron chi connectivity index (χ4n) is 4.65. The molecular weight excluding hydrogens is 348 g/mol. The Kier molecular flexibility index (Phi) is 6.16. The molecule has 0 radical (unpaired) electrons. The average molecular weight is 385 g/mol. The highest BCUT2D eigenvalue weighted by Gasteiger charge is 2.37. The lowest BCUT2D eigenvalue weighted by Crippen LogP contribution is -2.43. The van der Waals surface area contributed by atoms with Crippen LogP contribution in [-0.2, 0) is 9.59 Å². The van der Waals surface area contributed by atoms with Crippen LogP contribution in [0, 0.1) is 31.1 Å². The zero-order chi connectivity index (χ0) is 20.5. The number of nitrogens with one attached hydrogen (secondary N) is 1. The molecule has 0 spiro atoms. The summed E-state index contributed by atoms with van der Waals surface area (Å²) in [4.78, 5) is 27.1. The molecule has 1 saturated heterocycles. The number of rotatable bonds is 5. The third-order valence-electron chi connectivity index (χ3n) is 7.39. The van der Waals surface area contributed by atoms with Gasteiger partial charge in [0.1, 0.15) is 0 Å². The fraction of sp³-hybridized carbons (Fsp3) is 0.667. The predicted molar refractivity (Wildman–Crippen MR) is 114 cm³/mol. The number of amides is 2. The van der Waals surface area contributed by atoms with Crippen LogP contribution in [0.4, 0.5) is 5.69 Å². The monoisotopic (exact) mass is 384 g/mol. The number of nitrogens with zero attached hydrogens (tertiary/aromatic N) is 1. The molecule has 28 heavy (non-hydrogen) atoms. The molecule has 0 unspecified atom stereocenters. The van der Waals surface area contributed by atoms with Gasteiger partial charge in [-0.25, -0.2) is 0 Å². The summed E-state index contributed by atoms with van der Waals surface area (Å²) in [5, 5.41) is 3.25. The summed E-state index contributed by atoms with van der Waals surface area (Å²) in [6, 6.07) is 6.34. The van der Waals surface area contributed by atoms with Gasteiger partial charge in [0, 0.05) is 24.7 Å². The Morgan fingerprint density at radius 1 is 1.14 bits per heavy atom. The summed E-state index contributed by atoms with van der Waals surface area (Å²) in [5.41, 5.74) is 3.68. The normalized spacial score (nSPS) is 25.8. The topological polar surface area (TPSA) is 49.4 Å². The van der Waals surface area contributed by atoms with Crippen molar-refractivity contribution in [3.63, 3.8) is 0 Å². The van der Waals surface area contributed by atoms with E-state index < -0.39 is 0 Å². The Labute approximate surface area is 170 Å². The first-order chi connectivity index (χ1) is 13.2. The van der Waals surface area contributed by atoms with Crippen LogP contribution in [-0.4, -0.2) is 24.4 Å². The Bertz CT molecular complexity index is 732. The summed E-state index contributed by atoms with van der Waals surface area (Å²) in [6.07, 6.45) is 6.00. The van der Waals surface area contributed by atoms with Gasteiger partial charge >= 0.3 is 0 Å². The van der Waals surface area contributed by atoms with Crippen molar-refractivity contribution in [3.8, 4) is 0 Å². The molecule has 1 N–H and O–H groups in total. The molecule has 1 aliphatic heterocycles. The van der Waals surface area contributed by atoms with Crippen LogP contribution < -0.4 is 10.2 Å². The molecule has 1 aromatic rings. The van der Waals surface area contributed by atoms with E-state index in [1.807, 2.05) is 18.2 Å². The number of carbonyl (C=O) groups excluding carboxylic acids is 2. The van der Waals surface area contributed by atoms with E-state index in [2.05, 4.69) is 39.9 Å². The van der Waals surface area contributed by atoms with Gasteiger partial charge < -0.3 is 10.2 Å². The van der Waals surface area contributed by atoms with Crippen LogP contribution in [0.3, 0.4) is 0 Å². The number of anilines is 1. The van der Waals surface area contributed by atoms with Crippen molar-refractivity contribution in [2.24, 2.45) is 17.3 Å². The highest BCUT2D eigenvalue weighted by atomic mass is 16.2. The number of aryl methyl sites for hydroxylation is 2. The van der Waals surface area contributed by atoms with E-state index in [1.54, 1.807) is 4.90 Å². The second-order valence-corrected chi connectivity index (χ2v) is 9.57. The lowest BCUT2D eigenvalue weighted by Gasteiger charge is -2.39. The van der Waals surface area contributed by atoms with Gasteiger partial charge in [-0.05, 0) is 74.1 Å². The second kappa shape index (κ2) is 8.26. The molecule has 0 bridgehead atoms. The maximum atomic E-state index is 12.8. The van der Waals surface area contributed by atoms with Crippen LogP contribution in [0.25, 0.3) is 0 Å². The van der Waals surface area contributed by atoms with E-state index in [-0.39, 0.29) is 23.8 Å². The van der Waals surface area contributed by atoms with Crippen molar-refractivity contribution in [1.29, 1.82) is 0 Å². The van der Waals surface area contributed by atoms with Gasteiger partial charge in [0.05, 0.1) is 5.92 Å². The van der Waals surface area contributed by atoms with Gasteiger partial charge in [-0.2, -0.15) is 0 Å². The molecule has 1 saturated carbocycles. The van der Waals surface area contributed by atoms with Gasteiger partial charge in [0.25, 0.3) is 0 Å². The zero-order valence-electron chi connectivity index (χ0n) is 18.2. The van der Waals surface area contributed by atoms with Crippen LogP contribution in [0.1, 0.15) is 70.4 Å². The van der Waals surface area contributed by atoms with Gasteiger partial charge in [0.15, 0.2) is 0 Å². The fourth-order valence-corrected chi connectivity index (χ4v) is 4.65. The Morgan fingerprint density at radius 2 is 1.82 bits per heavy atom. The minimum absolute atomic E-state index is 0.0526. The van der Waals surface area contributed by atoms with E-state index in [1.165, 1.54) is 30.4 Å². The van der Waals surface area contributed by atoms with Crippen molar-refractivity contribution in [2.75, 3.05) is 11.4 Å². The average Bonchev–Trinajstić information content (AvgIpc) is 3.06. The highest BCUT2D eigenvalue weighted by molar-refractivity contribution is 6.00. The maximum absolute atomic E-state index is 12.8. The van der Waals surface area contributed by atoms with E-state index >= 15 is 0 Å². The summed E-state index contributed by atoms with van der Waals surface area (Å²) in [5.74, 6) is 0.618. The van der Waals surface area contributed by atoms with Crippen molar-refractivity contribution in [2.45, 2.75) is 79.2 Å². The molecule has 1 aliphatic carbocycles. The van der Waals surface area contributed by atoms with Crippen molar-refractivity contribution >= 4 is 17.5 Å². The zero-order valence-corrected chi connectivity index (χ0v) is 18.2. The first-order valence-corrected chi connectivity index (χ1v) is 10.9. The number of benzene rings is 1. The molecule has 154 valence electrons. The Balaban J connectivity index is 1.55. The first kappa shape index (κ1) is 20.9. The second-order valence-electron chi connectivity index (χ2n) is 9.57. The molecule has 3 rings (SSSR count). The standard InChI is InChI=1S/C24H36N2O2/c1-6-24(4,5)19-8-10-20(11-9-19)25-23(28)18-14-22(27)26(15-18)21-12-7-16(2)17(3)13-21/h7,12-13,18-20H,6,8-11,14-15H2,1-5H3,(H,25,28)/t18-,19?,20?/m0/s1. The summed E-state index contributed by atoms with van der Waals surface area (Å²) < 4.78 is 0. The first-order valence-electron chi connectivity index (χ1n) is 10.9. The van der Waals surface area contributed by atoms with Gasteiger partial charge in [-0.15, -0.1) is 0 Å². The van der Waals surface area contributed by atoms with Gasteiger partial charge in [0.2, 0.25) is 11.8 Å². The number of hydrogen-bond donors (Lipinski definition) is 1. The molecule has 0 aromatic heterocycles. The molecule has 1 heterocycles. The van der Waals surface area contributed by atoms with E-state index in [4.69, 9.17) is 0 Å². The van der Waals surface area contributed by atoms with Crippen LogP contribution in [0.2, 0.25) is 0 Å². The molecular formula is C24H36N2O2. The molecule has 1 aromatic carbocycles. The Morgan fingerprint density at radius 3 is 2.43 bits per heavy atom. The molecule has 2 fully saturated rings. The largest absolute Gasteiger partial charge is 0.353 e. The lowest BCUT2D eigenvalue weighted by molar-refractivity contribution is -0.127. The third-order valence-corrected chi connectivity index (χ3v) is 7.39. The highest BCUT2D eigenvalue weighted by Crippen LogP contribution is 2.40. The summed E-state index contributed by atoms with van der Waals surface area (Å²) >= 11 is 0. The SMILES string of the molecule is CCC(C)(C)C1CCC(NC(=O)[C@H]2CC(=O)N(c3ccc(C)c(C)c3)C2)CC1. The molecule has 2 amide bonds. The smallest absolute Gasteiger partial charge is 0.227 e. The Hall–Kier alpha value is -1.84. The summed E-state index contributed by atoms with van der Waals surface area (Å²) in [6.45, 7) is 11.6. The van der Waals surface area contributed by atoms with Gasteiger partial charge in [-0.3, -0.25) is 9.59 Å². The van der Waals surface area contributed by atoms with E-state index in [0.29, 0.717) is 18.4 Å². The van der Waals surface area contributed by atoms with Crippen molar-refractivity contribution in [3.05, 3.63) is 29.3 Å². The quantitative estimate of drug-likeness (QED) is 0.795. The molecule has 4 nitrogen and oxygen atoms in total. The van der Waals surface area contributed by atoms with Crippen LogP contribution in [0.5, 0.6) is 0 Å². The lowest BCUT2D eigenvalue weighted by atomic mass is 9.69.